The molecule has 9 nitrogen and oxygen atoms in total. The number of amides is 1. The second kappa shape index (κ2) is 7.49. The summed E-state index contributed by atoms with van der Waals surface area (Å²) in [5, 5.41) is 24.6. The van der Waals surface area contributed by atoms with Crippen LogP contribution in [-0.4, -0.2) is 30.8 Å². The molecule has 0 atom stereocenters. The molecule has 3 rings (SSSR count). The third-order valence-corrected chi connectivity index (χ3v) is 4.96. The zero-order valence-electron chi connectivity index (χ0n) is 14.3. The number of carbonyl (C=O) groups is 1. The van der Waals surface area contributed by atoms with Gasteiger partial charge in [-0.15, -0.1) is 5.10 Å². The Balaban J connectivity index is 1.83. The van der Waals surface area contributed by atoms with Crippen LogP contribution in [-0.2, 0) is 6.54 Å². The SMILES string of the molecule is Cc1nn(Cc2ccc(Cl)cc2)c(C)c1NC(=O)c1n[nH]c([N+](=O)[O-])c1Br. The third-order valence-electron chi connectivity index (χ3n) is 3.95. The summed E-state index contributed by atoms with van der Waals surface area (Å²) in [4.78, 5) is 22.7. The molecule has 0 unspecified atom stereocenters. The van der Waals surface area contributed by atoms with E-state index in [0.717, 1.165) is 11.3 Å². The van der Waals surface area contributed by atoms with E-state index in [1.807, 2.05) is 19.1 Å². The van der Waals surface area contributed by atoms with Crippen molar-refractivity contribution in [3.05, 3.63) is 66.5 Å². The van der Waals surface area contributed by atoms with E-state index >= 15 is 0 Å². The molecule has 140 valence electrons. The smallest absolute Gasteiger partial charge is 0.357 e. The number of benzene rings is 1. The van der Waals surface area contributed by atoms with Gasteiger partial charge in [-0.3, -0.25) is 9.48 Å². The summed E-state index contributed by atoms with van der Waals surface area (Å²) in [6, 6.07) is 7.40. The van der Waals surface area contributed by atoms with E-state index in [1.165, 1.54) is 0 Å². The van der Waals surface area contributed by atoms with Gasteiger partial charge in [0.2, 0.25) is 0 Å². The lowest BCUT2D eigenvalue weighted by Crippen LogP contribution is -2.14. The predicted octanol–water partition coefficient (Wildman–Crippen LogP) is 3.85. The molecule has 27 heavy (non-hydrogen) atoms. The highest BCUT2D eigenvalue weighted by atomic mass is 79.9. The summed E-state index contributed by atoms with van der Waals surface area (Å²) < 4.78 is 1.75. The molecular weight excluding hydrogens is 440 g/mol. The number of aromatic amines is 1. The molecule has 3 aromatic rings. The summed E-state index contributed by atoms with van der Waals surface area (Å²) in [6.45, 7) is 4.11. The molecule has 2 aromatic heterocycles. The van der Waals surface area contributed by atoms with Gasteiger partial charge in [-0.2, -0.15) is 5.10 Å². The van der Waals surface area contributed by atoms with Crippen LogP contribution < -0.4 is 5.32 Å². The normalized spacial score (nSPS) is 10.8. The van der Waals surface area contributed by atoms with Crippen LogP contribution in [0.5, 0.6) is 0 Å². The van der Waals surface area contributed by atoms with Gasteiger partial charge in [0.1, 0.15) is 4.47 Å². The molecule has 0 aliphatic carbocycles. The average Bonchev–Trinajstić information content (AvgIpc) is 3.12. The number of H-pyrrole nitrogens is 1. The van der Waals surface area contributed by atoms with Crippen LogP contribution in [0.2, 0.25) is 5.02 Å². The maximum atomic E-state index is 12.5. The van der Waals surface area contributed by atoms with E-state index in [1.54, 1.807) is 23.7 Å². The lowest BCUT2D eigenvalue weighted by Gasteiger charge is -2.07. The summed E-state index contributed by atoms with van der Waals surface area (Å²) >= 11 is 8.93. The molecule has 1 amide bonds. The first kappa shape index (κ1) is 19.1. The highest BCUT2D eigenvalue weighted by Gasteiger charge is 2.26. The zero-order chi connectivity index (χ0) is 19.7. The quantitative estimate of drug-likeness (QED) is 0.449. The average molecular weight is 454 g/mol. The van der Waals surface area contributed by atoms with E-state index in [0.29, 0.717) is 22.9 Å². The number of aromatic nitrogens is 4. The number of carbonyl (C=O) groups excluding carboxylic acids is 1. The maximum absolute atomic E-state index is 12.5. The number of nitro groups is 1. The Morgan fingerprint density at radius 3 is 2.63 bits per heavy atom. The fourth-order valence-electron chi connectivity index (χ4n) is 2.56. The van der Waals surface area contributed by atoms with Crippen LogP contribution in [0.15, 0.2) is 28.7 Å². The Morgan fingerprint density at radius 1 is 1.37 bits per heavy atom. The molecule has 0 fully saturated rings. The molecule has 0 aliphatic rings. The van der Waals surface area contributed by atoms with Crippen LogP contribution in [0.4, 0.5) is 11.5 Å². The molecular formula is C16H14BrClN6O3. The van der Waals surface area contributed by atoms with E-state index in [-0.39, 0.29) is 16.0 Å². The minimum absolute atomic E-state index is 0.00568. The molecule has 0 radical (unpaired) electrons. The van der Waals surface area contributed by atoms with Crippen molar-refractivity contribution in [2.24, 2.45) is 0 Å². The molecule has 1 aromatic carbocycles. The second-order valence-corrected chi connectivity index (χ2v) is 7.01. The Hall–Kier alpha value is -2.72. The fourth-order valence-corrected chi connectivity index (χ4v) is 3.19. The molecule has 0 aliphatic heterocycles. The number of aryl methyl sites for hydroxylation is 1. The van der Waals surface area contributed by atoms with Crippen LogP contribution in [0.25, 0.3) is 0 Å². The Labute approximate surface area is 167 Å². The first-order valence-corrected chi connectivity index (χ1v) is 8.93. The van der Waals surface area contributed by atoms with Gasteiger partial charge < -0.3 is 15.4 Å². The number of halogens is 2. The second-order valence-electron chi connectivity index (χ2n) is 5.78. The van der Waals surface area contributed by atoms with Gasteiger partial charge >= 0.3 is 5.82 Å². The van der Waals surface area contributed by atoms with Crippen molar-refractivity contribution in [1.82, 2.24) is 20.0 Å². The lowest BCUT2D eigenvalue weighted by molar-refractivity contribution is -0.390. The molecule has 0 bridgehead atoms. The predicted molar refractivity (Wildman–Crippen MR) is 103 cm³/mol. The summed E-state index contributed by atoms with van der Waals surface area (Å²) in [6.07, 6.45) is 0. The van der Waals surface area contributed by atoms with E-state index in [2.05, 4.69) is 36.5 Å². The Kier molecular flexibility index (Phi) is 5.29. The number of hydrogen-bond acceptors (Lipinski definition) is 5. The summed E-state index contributed by atoms with van der Waals surface area (Å²) in [5.41, 5.74) is 2.80. The van der Waals surface area contributed by atoms with Crippen molar-refractivity contribution in [3.63, 3.8) is 0 Å². The highest BCUT2D eigenvalue weighted by molar-refractivity contribution is 9.10. The fraction of sp³-hybridized carbons (Fsp3) is 0.188. The molecule has 11 heteroatoms. The van der Waals surface area contributed by atoms with E-state index in [9.17, 15) is 14.9 Å². The lowest BCUT2D eigenvalue weighted by atomic mass is 10.2. The number of hydrogen-bond donors (Lipinski definition) is 2. The Morgan fingerprint density at radius 2 is 2.04 bits per heavy atom. The van der Waals surface area contributed by atoms with Crippen LogP contribution in [0, 0.1) is 24.0 Å². The highest BCUT2D eigenvalue weighted by Crippen LogP contribution is 2.27. The van der Waals surface area contributed by atoms with Crippen molar-refractivity contribution in [2.75, 3.05) is 5.32 Å². The van der Waals surface area contributed by atoms with Gasteiger partial charge in [0, 0.05) is 5.02 Å². The third kappa shape index (κ3) is 3.86. The van der Waals surface area contributed by atoms with Crippen molar-refractivity contribution in [3.8, 4) is 0 Å². The number of rotatable bonds is 5. The monoisotopic (exact) mass is 452 g/mol. The number of anilines is 1. The Bertz CT molecular complexity index is 1030. The van der Waals surface area contributed by atoms with E-state index in [4.69, 9.17) is 11.6 Å². The summed E-state index contributed by atoms with van der Waals surface area (Å²) in [7, 11) is 0. The van der Waals surface area contributed by atoms with Gasteiger partial charge in [0.25, 0.3) is 5.91 Å². The first-order chi connectivity index (χ1) is 12.8. The van der Waals surface area contributed by atoms with Crippen molar-refractivity contribution in [1.29, 1.82) is 0 Å². The standard InChI is InChI=1S/C16H14BrClN6O3/c1-8-13(19-16(25)14-12(17)15(21-20-14)24(26)27)9(2)23(22-8)7-10-3-5-11(18)6-4-10/h3-6H,7H2,1-2H3,(H,19,25)(H,20,21). The largest absolute Gasteiger partial charge is 0.358 e. The van der Waals surface area contributed by atoms with Crippen molar-refractivity contribution < 1.29 is 9.72 Å². The minimum Gasteiger partial charge on any atom is -0.358 e. The topological polar surface area (TPSA) is 119 Å². The first-order valence-electron chi connectivity index (χ1n) is 7.76. The van der Waals surface area contributed by atoms with Gasteiger partial charge in [-0.25, -0.2) is 0 Å². The molecule has 2 N–H and O–H groups in total. The van der Waals surface area contributed by atoms with Gasteiger partial charge in [0.15, 0.2) is 5.69 Å². The number of nitrogens with zero attached hydrogens (tertiary/aromatic N) is 4. The van der Waals surface area contributed by atoms with Crippen LogP contribution >= 0.6 is 27.5 Å². The molecule has 0 saturated carbocycles. The molecule has 0 spiro atoms. The van der Waals surface area contributed by atoms with Crippen LogP contribution in [0.3, 0.4) is 0 Å². The van der Waals surface area contributed by atoms with Gasteiger partial charge in [-0.1, -0.05) is 28.8 Å². The molecule has 2 heterocycles. The maximum Gasteiger partial charge on any atom is 0.357 e. The van der Waals surface area contributed by atoms with E-state index < -0.39 is 10.8 Å². The minimum atomic E-state index is -0.658. The zero-order valence-corrected chi connectivity index (χ0v) is 16.6. The number of nitrogens with one attached hydrogen (secondary N) is 2. The van der Waals surface area contributed by atoms with Gasteiger partial charge in [-0.05, 0) is 52.4 Å². The summed E-state index contributed by atoms with van der Waals surface area (Å²) in [5.74, 6) is -0.963. The van der Waals surface area contributed by atoms with Crippen molar-refractivity contribution >= 4 is 44.9 Å². The van der Waals surface area contributed by atoms with Gasteiger partial charge in [0.05, 0.1) is 23.6 Å². The van der Waals surface area contributed by atoms with Crippen LogP contribution in [0.1, 0.15) is 27.4 Å². The molecule has 0 saturated heterocycles. The van der Waals surface area contributed by atoms with Crippen molar-refractivity contribution in [2.45, 2.75) is 20.4 Å².